The molecular weight excluding hydrogens is 316 g/mol. The number of piperidine rings is 2. The summed E-state index contributed by atoms with van der Waals surface area (Å²) in [6, 6.07) is 5.95. The molecule has 2 aliphatic heterocycles. The molecule has 1 aromatic carbocycles. The number of carbonyl (C=O) groups excluding carboxylic acids is 1. The number of quaternary nitrogens is 1. The number of likely N-dealkylation sites (tertiary alicyclic amines) is 2. The number of rotatable bonds is 5. The average molecular weight is 347 g/mol. The second kappa shape index (κ2) is 8.56. The van der Waals surface area contributed by atoms with Crippen LogP contribution < -0.4 is 14.4 Å². The van der Waals surface area contributed by atoms with Crippen LogP contribution in [-0.2, 0) is 11.3 Å². The van der Waals surface area contributed by atoms with E-state index >= 15 is 0 Å². The first-order chi connectivity index (χ1) is 12.2. The lowest BCUT2D eigenvalue weighted by Gasteiger charge is -2.34. The molecule has 0 aliphatic carbocycles. The lowest BCUT2D eigenvalue weighted by atomic mass is 9.95. The van der Waals surface area contributed by atoms with Crippen molar-refractivity contribution in [2.24, 2.45) is 5.92 Å². The zero-order valence-corrected chi connectivity index (χ0v) is 15.6. The van der Waals surface area contributed by atoms with E-state index in [-0.39, 0.29) is 5.92 Å². The van der Waals surface area contributed by atoms with E-state index < -0.39 is 0 Å². The van der Waals surface area contributed by atoms with Crippen molar-refractivity contribution in [1.29, 1.82) is 0 Å². The third-order valence-electron chi connectivity index (χ3n) is 5.56. The van der Waals surface area contributed by atoms with Crippen LogP contribution in [0.5, 0.6) is 11.5 Å². The van der Waals surface area contributed by atoms with E-state index in [0.717, 1.165) is 75.5 Å². The lowest BCUT2D eigenvalue weighted by molar-refractivity contribution is -0.921. The predicted molar refractivity (Wildman–Crippen MR) is 97.1 cm³/mol. The number of hydrogen-bond acceptors (Lipinski definition) is 3. The maximum absolute atomic E-state index is 12.8. The largest absolute Gasteiger partial charge is 0.497 e. The molecule has 0 aromatic heterocycles. The molecule has 1 N–H and O–H groups in total. The number of amides is 1. The molecule has 0 saturated carbocycles. The minimum absolute atomic E-state index is 0.179. The van der Waals surface area contributed by atoms with Crippen molar-refractivity contribution in [2.45, 2.75) is 38.6 Å². The summed E-state index contributed by atoms with van der Waals surface area (Å²) in [5.74, 6) is 2.32. The summed E-state index contributed by atoms with van der Waals surface area (Å²) in [5.41, 5.74) is 1.16. The van der Waals surface area contributed by atoms with E-state index in [2.05, 4.69) is 11.0 Å². The van der Waals surface area contributed by atoms with Gasteiger partial charge >= 0.3 is 0 Å². The fraction of sp³-hybridized carbons (Fsp3) is 0.650. The molecule has 3 rings (SSSR count). The Bertz CT molecular complexity index is 584. The summed E-state index contributed by atoms with van der Waals surface area (Å²) >= 11 is 0. The van der Waals surface area contributed by atoms with Crippen molar-refractivity contribution in [3.05, 3.63) is 23.8 Å². The molecule has 1 aromatic rings. The summed E-state index contributed by atoms with van der Waals surface area (Å²) in [6.07, 6.45) is 5.74. The monoisotopic (exact) mass is 347 g/mol. The average Bonchev–Trinajstić information content (AvgIpc) is 2.68. The van der Waals surface area contributed by atoms with Crippen molar-refractivity contribution in [1.82, 2.24) is 4.90 Å². The molecular formula is C20H31N2O3+. The first-order valence-corrected chi connectivity index (χ1v) is 9.54. The number of nitrogens with one attached hydrogen (secondary N) is 1. The maximum atomic E-state index is 12.8. The minimum atomic E-state index is 0.179. The van der Waals surface area contributed by atoms with Gasteiger partial charge in [-0.05, 0) is 50.3 Å². The number of benzene rings is 1. The fourth-order valence-electron chi connectivity index (χ4n) is 4.18. The van der Waals surface area contributed by atoms with Crippen LogP contribution in [0, 0.1) is 5.92 Å². The predicted octanol–water partition coefficient (Wildman–Crippen LogP) is 1.51. The summed E-state index contributed by atoms with van der Waals surface area (Å²) in [6.45, 7) is 4.83. The normalized spacial score (nSPS) is 24.0. The first-order valence-electron chi connectivity index (χ1n) is 9.54. The summed E-state index contributed by atoms with van der Waals surface area (Å²) in [7, 11) is 3.40. The van der Waals surface area contributed by atoms with Crippen LogP contribution in [0.1, 0.15) is 37.7 Å². The van der Waals surface area contributed by atoms with Crippen LogP contribution in [0.3, 0.4) is 0 Å². The van der Waals surface area contributed by atoms with Gasteiger partial charge in [-0.15, -0.1) is 0 Å². The smallest absolute Gasteiger partial charge is 0.231 e. The van der Waals surface area contributed by atoms with Crippen molar-refractivity contribution in [3.63, 3.8) is 0 Å². The Balaban J connectivity index is 1.64. The molecule has 2 aliphatic rings. The fourth-order valence-corrected chi connectivity index (χ4v) is 4.18. The van der Waals surface area contributed by atoms with Gasteiger partial charge in [0.25, 0.3) is 0 Å². The van der Waals surface area contributed by atoms with Crippen LogP contribution in [0.2, 0.25) is 0 Å². The van der Waals surface area contributed by atoms with Crippen LogP contribution in [0.25, 0.3) is 0 Å². The van der Waals surface area contributed by atoms with Crippen LogP contribution in [-0.4, -0.2) is 51.2 Å². The highest BCUT2D eigenvalue weighted by Gasteiger charge is 2.32. The number of carbonyl (C=O) groups is 1. The number of nitrogens with zero attached hydrogens (tertiary/aromatic N) is 1. The van der Waals surface area contributed by atoms with Gasteiger partial charge in [-0.2, -0.15) is 0 Å². The lowest BCUT2D eigenvalue weighted by Crippen LogP contribution is -3.12. The Hall–Kier alpha value is -1.75. The zero-order chi connectivity index (χ0) is 17.6. The van der Waals surface area contributed by atoms with Crippen molar-refractivity contribution < 1.29 is 19.2 Å². The van der Waals surface area contributed by atoms with Gasteiger partial charge in [-0.25, -0.2) is 0 Å². The third kappa shape index (κ3) is 4.46. The number of methoxy groups -OCH3 is 2. The Labute approximate surface area is 150 Å². The molecule has 0 spiro atoms. The van der Waals surface area contributed by atoms with Crippen LogP contribution >= 0.6 is 0 Å². The highest BCUT2D eigenvalue weighted by Crippen LogP contribution is 2.23. The molecule has 25 heavy (non-hydrogen) atoms. The second-order valence-electron chi connectivity index (χ2n) is 7.28. The summed E-state index contributed by atoms with van der Waals surface area (Å²) < 4.78 is 10.9. The Morgan fingerprint density at radius 2 is 1.96 bits per heavy atom. The molecule has 5 nitrogen and oxygen atoms in total. The number of ether oxygens (including phenoxy) is 2. The van der Waals surface area contributed by atoms with Gasteiger partial charge in [0.15, 0.2) is 0 Å². The summed E-state index contributed by atoms with van der Waals surface area (Å²) in [5, 5.41) is 0. The Kier molecular flexibility index (Phi) is 6.19. The minimum Gasteiger partial charge on any atom is -0.497 e. The first kappa shape index (κ1) is 18.1. The molecule has 5 heteroatoms. The SMILES string of the molecule is COc1ccc(OC)c(C[NH+]2CCCC(C(=O)N3CCCCC3)C2)c1. The standard InChI is InChI=1S/C20H30N2O3/c1-24-18-8-9-19(25-2)17(13-18)15-21-10-6-7-16(14-21)20(23)22-11-4-3-5-12-22/h8-9,13,16H,3-7,10-12,14-15H2,1-2H3/p+1. The van der Waals surface area contributed by atoms with Crippen molar-refractivity contribution in [2.75, 3.05) is 40.4 Å². The van der Waals surface area contributed by atoms with E-state index in [1.54, 1.807) is 14.2 Å². The third-order valence-corrected chi connectivity index (χ3v) is 5.56. The van der Waals surface area contributed by atoms with Gasteiger partial charge in [0.05, 0.1) is 38.8 Å². The van der Waals surface area contributed by atoms with E-state index in [4.69, 9.17) is 9.47 Å². The van der Waals surface area contributed by atoms with E-state index in [9.17, 15) is 4.79 Å². The molecule has 2 heterocycles. The molecule has 2 saturated heterocycles. The van der Waals surface area contributed by atoms with Gasteiger partial charge in [0.1, 0.15) is 18.0 Å². The molecule has 0 radical (unpaired) electrons. The highest BCUT2D eigenvalue weighted by atomic mass is 16.5. The molecule has 2 fully saturated rings. The highest BCUT2D eigenvalue weighted by molar-refractivity contribution is 5.79. The molecule has 1 amide bonds. The van der Waals surface area contributed by atoms with Gasteiger partial charge in [-0.1, -0.05) is 0 Å². The Morgan fingerprint density at radius 1 is 1.16 bits per heavy atom. The van der Waals surface area contributed by atoms with E-state index in [1.807, 2.05) is 12.1 Å². The molecule has 0 bridgehead atoms. The van der Waals surface area contributed by atoms with Crippen LogP contribution in [0.4, 0.5) is 0 Å². The topological polar surface area (TPSA) is 43.2 Å². The van der Waals surface area contributed by atoms with Gasteiger partial charge < -0.3 is 19.3 Å². The van der Waals surface area contributed by atoms with Gasteiger partial charge in [0, 0.05) is 13.1 Å². The quantitative estimate of drug-likeness (QED) is 0.878. The molecule has 2 atom stereocenters. The van der Waals surface area contributed by atoms with Crippen LogP contribution in [0.15, 0.2) is 18.2 Å². The van der Waals surface area contributed by atoms with Crippen molar-refractivity contribution in [3.8, 4) is 11.5 Å². The van der Waals surface area contributed by atoms with Crippen molar-refractivity contribution >= 4 is 5.91 Å². The van der Waals surface area contributed by atoms with Gasteiger partial charge in [0.2, 0.25) is 5.91 Å². The maximum Gasteiger partial charge on any atom is 0.231 e. The second-order valence-corrected chi connectivity index (χ2v) is 7.28. The van der Waals surface area contributed by atoms with Gasteiger partial charge in [-0.3, -0.25) is 4.79 Å². The zero-order valence-electron chi connectivity index (χ0n) is 15.6. The molecule has 2 unspecified atom stereocenters. The van der Waals surface area contributed by atoms with E-state index in [0.29, 0.717) is 5.91 Å². The number of hydrogen-bond donors (Lipinski definition) is 1. The summed E-state index contributed by atoms with van der Waals surface area (Å²) in [4.78, 5) is 16.4. The Morgan fingerprint density at radius 3 is 2.68 bits per heavy atom. The van der Waals surface area contributed by atoms with E-state index in [1.165, 1.54) is 11.3 Å². The molecule has 138 valence electrons.